The van der Waals surface area contributed by atoms with Gasteiger partial charge in [0.25, 0.3) is 23.6 Å². The van der Waals surface area contributed by atoms with E-state index < -0.39 is 145 Å². The summed E-state index contributed by atoms with van der Waals surface area (Å²) in [4.78, 5) is 82.8. The Morgan fingerprint density at radius 2 is 0.703 bits per heavy atom. The number of benzene rings is 2. The Morgan fingerprint density at radius 3 is 0.984 bits per heavy atom. The number of aliphatic hydroxyl groups excluding tert-OH is 11. The van der Waals surface area contributed by atoms with Crippen molar-refractivity contribution < 1.29 is 84.9 Å². The molecule has 358 valence electrons. The fourth-order valence-corrected chi connectivity index (χ4v) is 14.2. The third kappa shape index (κ3) is 16.1. The predicted octanol–water partition coefficient (Wildman–Crippen LogP) is -3.01. The molecule has 15 N–H and O–H groups in total. The van der Waals surface area contributed by atoms with Crippen LogP contribution >= 0.6 is 136 Å². The van der Waals surface area contributed by atoms with Crippen molar-refractivity contribution in [3.8, 4) is 0 Å². The zero-order chi connectivity index (χ0) is 48.7. The van der Waals surface area contributed by atoms with E-state index >= 15 is 0 Å². The van der Waals surface area contributed by atoms with Crippen molar-refractivity contribution in [2.24, 2.45) is 0 Å². The molecule has 0 heterocycles. The molecule has 0 spiro atoms. The van der Waals surface area contributed by atoms with Crippen LogP contribution in [0.2, 0.25) is 0 Å². The number of carbonyl (C=O) groups is 6. The first kappa shape index (κ1) is 59.3. The number of carbonyl (C=O) groups excluding carboxylic acids is 6. The maximum absolute atomic E-state index is 14.6. The zero-order valence-corrected chi connectivity index (χ0v) is 45.8. The fraction of sp³-hybridized carbons (Fsp3) is 0.486. The summed E-state index contributed by atoms with van der Waals surface area (Å²) < 4.78 is 0.219. The van der Waals surface area contributed by atoms with E-state index in [0.717, 1.165) is 9.80 Å². The van der Waals surface area contributed by atoms with Gasteiger partial charge in [-0.3, -0.25) is 28.8 Å². The number of hydrogen-bond acceptors (Lipinski definition) is 17. The molecule has 0 saturated carbocycles. The monoisotopic (exact) mass is 1580 g/mol. The average Bonchev–Trinajstić information content (AvgIpc) is 3.26. The van der Waals surface area contributed by atoms with Crippen LogP contribution in [0.3, 0.4) is 0 Å². The van der Waals surface area contributed by atoms with Gasteiger partial charge in [-0.25, -0.2) is 0 Å². The maximum Gasteiger partial charge on any atom is 0.256 e. The minimum Gasteiger partial charge on any atom is -0.394 e. The number of rotatable bonds is 24. The van der Waals surface area contributed by atoms with Crippen molar-refractivity contribution >= 4 is 182 Å². The van der Waals surface area contributed by atoms with E-state index in [-0.39, 0.29) is 55.0 Å². The molecule has 0 radical (unpaired) electrons. The molecule has 2 rings (SSSR count). The molecule has 0 saturated heterocycles. The molecule has 0 bridgehead atoms. The van der Waals surface area contributed by atoms with E-state index in [1.54, 1.807) is 136 Å². The van der Waals surface area contributed by atoms with E-state index in [4.69, 9.17) is 0 Å². The van der Waals surface area contributed by atoms with Gasteiger partial charge >= 0.3 is 0 Å². The van der Waals surface area contributed by atoms with Gasteiger partial charge in [0.15, 0.2) is 0 Å². The Kier molecular flexibility index (Phi) is 26.5. The Balaban J connectivity index is 2.80. The third-order valence-corrected chi connectivity index (χ3v) is 14.9. The first-order valence-electron chi connectivity index (χ1n) is 18.3. The van der Waals surface area contributed by atoms with Gasteiger partial charge in [-0.1, -0.05) is 0 Å². The Labute approximate surface area is 446 Å². The highest BCUT2D eigenvalue weighted by Gasteiger charge is 2.35. The minimum atomic E-state index is -1.77. The molecule has 29 heteroatoms. The number of nitrogens with zero attached hydrogens (tertiary/aromatic N) is 2. The smallest absolute Gasteiger partial charge is 0.256 e. The second kappa shape index (κ2) is 28.6. The van der Waals surface area contributed by atoms with Crippen molar-refractivity contribution in [3.63, 3.8) is 0 Å². The Hall–Kier alpha value is -0.800. The summed E-state index contributed by atoms with van der Waals surface area (Å²) in [6.07, 6.45) is -7.72. The number of halogens is 6. The topological polar surface area (TPSA) is 380 Å². The molecule has 2 aromatic rings. The second-order valence-corrected chi connectivity index (χ2v) is 19.9. The van der Waals surface area contributed by atoms with E-state index in [1.165, 1.54) is 0 Å². The van der Waals surface area contributed by atoms with Gasteiger partial charge in [-0.15, -0.1) is 0 Å². The molecule has 4 atom stereocenters. The van der Waals surface area contributed by atoms with Crippen LogP contribution in [0.1, 0.15) is 41.4 Å². The van der Waals surface area contributed by atoms with E-state index in [1.807, 2.05) is 0 Å². The Morgan fingerprint density at radius 1 is 0.422 bits per heavy atom. The van der Waals surface area contributed by atoms with Gasteiger partial charge in [-0.05, 0) is 136 Å². The summed E-state index contributed by atoms with van der Waals surface area (Å²) in [5.74, 6) is -5.53. The van der Waals surface area contributed by atoms with Crippen LogP contribution in [0.25, 0.3) is 0 Å². The van der Waals surface area contributed by atoms with Gasteiger partial charge < -0.3 is 87.2 Å². The van der Waals surface area contributed by atoms with Crippen molar-refractivity contribution in [2.75, 3.05) is 89.5 Å². The van der Waals surface area contributed by atoms with Gasteiger partial charge in [0.2, 0.25) is 11.8 Å². The minimum absolute atomic E-state index is 0.0205. The molecule has 2 aromatic carbocycles. The van der Waals surface area contributed by atoms with E-state index in [0.29, 0.717) is 0 Å². The summed E-state index contributed by atoms with van der Waals surface area (Å²) in [5, 5.41) is 119. The summed E-state index contributed by atoms with van der Waals surface area (Å²) >= 11 is 10.2. The van der Waals surface area contributed by atoms with Crippen LogP contribution in [0, 0.1) is 21.4 Å². The number of hydrogen-bond donors (Lipinski definition) is 15. The van der Waals surface area contributed by atoms with E-state index in [2.05, 4.69) is 21.3 Å². The van der Waals surface area contributed by atoms with Gasteiger partial charge in [0, 0.05) is 46.4 Å². The third-order valence-electron chi connectivity index (χ3n) is 8.47. The summed E-state index contributed by atoms with van der Waals surface area (Å²) in [5.41, 5.74) is -1.08. The van der Waals surface area contributed by atoms with Crippen LogP contribution in [0.15, 0.2) is 0 Å². The number of aliphatic hydroxyl groups is 11. The maximum atomic E-state index is 14.6. The lowest BCUT2D eigenvalue weighted by molar-refractivity contribution is -0.119. The first-order valence-corrected chi connectivity index (χ1v) is 24.7. The Bertz CT molecular complexity index is 1900. The zero-order valence-electron chi connectivity index (χ0n) is 32.9. The molecule has 0 aliphatic rings. The molecule has 4 unspecified atom stereocenters. The molecule has 6 amide bonds. The van der Waals surface area contributed by atoms with Crippen LogP contribution < -0.4 is 21.3 Å². The van der Waals surface area contributed by atoms with E-state index in [9.17, 15) is 84.9 Å². The second-order valence-electron chi connectivity index (χ2n) is 13.4. The highest BCUT2D eigenvalue weighted by molar-refractivity contribution is 14.1. The van der Waals surface area contributed by atoms with Crippen molar-refractivity contribution in [3.05, 3.63) is 43.7 Å². The molecule has 0 fully saturated rings. The van der Waals surface area contributed by atoms with Crippen LogP contribution in [0.4, 0.5) is 11.4 Å². The number of anilines is 2. The molecular formula is C35H44I6N6O17. The molecule has 64 heavy (non-hydrogen) atoms. The van der Waals surface area contributed by atoms with Crippen LogP contribution in [0.5, 0.6) is 0 Å². The standard InChI is InChI=1S/C35H44I6N6O17/c36-24-20(32(61)42-1-13(54)7-48)26(38)30(44-18(59)11-52)28(40)22(24)34(63)46(5-16(57)9-50)3-15(56)4-47(6-17(58)10-51)35(64)23-25(37)21(33(62)43-2-14(55)8-49)27(39)31(29(23)41)45-19(60)12-53/h13-17,48-58H,1-12H2,(H,42,61)(H,43,62)(H,44,59)(H,45,60). The summed E-state index contributed by atoms with van der Waals surface area (Å²) in [6, 6.07) is 0. The number of amides is 6. The van der Waals surface area contributed by atoms with Crippen molar-refractivity contribution in [2.45, 2.75) is 30.5 Å². The SMILES string of the molecule is O=C(CO)Nc1c(I)c(C(=O)NCC(O)CO)c(I)c(C(=O)N(CC(O)CO)CC(O)CN(CC(O)CO)C(=O)c2c(I)c(NC(=O)CO)c(I)c(C(=O)NCC(O)CO)c2I)c1I. The van der Waals surface area contributed by atoms with Crippen molar-refractivity contribution in [1.82, 2.24) is 20.4 Å². The normalized spacial score (nSPS) is 13.6. The average molecular weight is 1580 g/mol. The van der Waals surface area contributed by atoms with Gasteiger partial charge in [-0.2, -0.15) is 0 Å². The molecular weight excluding hydrogens is 1540 g/mol. The molecule has 0 aromatic heterocycles. The lowest BCUT2D eigenvalue weighted by Gasteiger charge is -2.32. The quantitative estimate of drug-likeness (QED) is 0.0466. The molecule has 0 aliphatic heterocycles. The lowest BCUT2D eigenvalue weighted by atomic mass is 10.1. The fourth-order valence-electron chi connectivity index (χ4n) is 5.39. The van der Waals surface area contributed by atoms with Crippen LogP contribution in [-0.2, 0) is 9.59 Å². The predicted molar refractivity (Wildman–Crippen MR) is 275 cm³/mol. The molecule has 23 nitrogen and oxygen atoms in total. The van der Waals surface area contributed by atoms with Gasteiger partial charge in [0.1, 0.15) is 13.2 Å². The summed E-state index contributed by atoms with van der Waals surface area (Å²) in [6.45, 7) is -8.74. The van der Waals surface area contributed by atoms with Crippen molar-refractivity contribution in [1.29, 1.82) is 0 Å². The lowest BCUT2D eigenvalue weighted by Crippen LogP contribution is -2.49. The molecule has 0 aliphatic carbocycles. The number of nitrogens with one attached hydrogen (secondary N) is 4. The highest BCUT2D eigenvalue weighted by Crippen LogP contribution is 2.38. The first-order chi connectivity index (χ1) is 30.0. The van der Waals surface area contributed by atoms with Crippen LogP contribution in [-0.4, -0.2) is 211 Å². The summed E-state index contributed by atoms with van der Waals surface area (Å²) in [7, 11) is 0. The van der Waals surface area contributed by atoms with Gasteiger partial charge in [0.05, 0.1) is 105 Å². The highest BCUT2D eigenvalue weighted by atomic mass is 127. The largest absolute Gasteiger partial charge is 0.394 e.